The van der Waals surface area contributed by atoms with Gasteiger partial charge in [0, 0.05) is 32.6 Å². The van der Waals surface area contributed by atoms with E-state index >= 15 is 0 Å². The first-order valence-corrected chi connectivity index (χ1v) is 8.71. The Hall–Kier alpha value is -2.08. The zero-order valence-corrected chi connectivity index (χ0v) is 13.8. The average molecular weight is 329 g/mol. The predicted octanol–water partition coefficient (Wildman–Crippen LogP) is 0.787. The summed E-state index contributed by atoms with van der Waals surface area (Å²) < 4.78 is 5.64. The minimum atomic E-state index is -0.653. The third-order valence-electron chi connectivity index (χ3n) is 5.47. The lowest BCUT2D eigenvalue weighted by atomic mass is 9.76. The first kappa shape index (κ1) is 15.4. The lowest BCUT2D eigenvalue weighted by Crippen LogP contribution is -2.62. The van der Waals surface area contributed by atoms with Crippen molar-refractivity contribution in [2.24, 2.45) is 5.73 Å². The van der Waals surface area contributed by atoms with E-state index in [2.05, 4.69) is 0 Å². The summed E-state index contributed by atoms with van der Waals surface area (Å²) in [6.45, 7) is 2.84. The topological polar surface area (TPSA) is 75.9 Å². The molecule has 2 heterocycles. The molecule has 24 heavy (non-hydrogen) atoms. The number of para-hydroxylation sites is 1. The van der Waals surface area contributed by atoms with Crippen LogP contribution >= 0.6 is 0 Å². The summed E-state index contributed by atoms with van der Waals surface area (Å²) in [5, 5.41) is 0. The number of carbonyl (C=O) groups excluding carboxylic acids is 2. The maximum Gasteiger partial charge on any atom is 0.257 e. The summed E-state index contributed by atoms with van der Waals surface area (Å²) >= 11 is 0. The number of carbonyl (C=O) groups is 2. The van der Waals surface area contributed by atoms with Gasteiger partial charge in [0.1, 0.15) is 5.75 Å². The zero-order valence-electron chi connectivity index (χ0n) is 13.8. The quantitative estimate of drug-likeness (QED) is 0.870. The van der Waals surface area contributed by atoms with Gasteiger partial charge in [-0.05, 0) is 30.9 Å². The van der Waals surface area contributed by atoms with Crippen molar-refractivity contribution in [2.75, 3.05) is 32.8 Å². The molecule has 6 nitrogen and oxygen atoms in total. The molecule has 0 atom stereocenters. The van der Waals surface area contributed by atoms with Gasteiger partial charge in [-0.25, -0.2) is 0 Å². The molecule has 0 spiro atoms. The Bertz CT molecular complexity index is 676. The van der Waals surface area contributed by atoms with Crippen LogP contribution in [0.5, 0.6) is 5.75 Å². The molecule has 2 N–H and O–H groups in total. The first-order valence-electron chi connectivity index (χ1n) is 8.71. The number of benzene rings is 1. The maximum atomic E-state index is 12.8. The van der Waals surface area contributed by atoms with Gasteiger partial charge < -0.3 is 20.3 Å². The van der Waals surface area contributed by atoms with E-state index in [0.29, 0.717) is 38.3 Å². The Morgan fingerprint density at radius 1 is 1.08 bits per heavy atom. The second-order valence-corrected chi connectivity index (χ2v) is 6.99. The van der Waals surface area contributed by atoms with E-state index in [9.17, 15) is 9.59 Å². The van der Waals surface area contributed by atoms with Crippen molar-refractivity contribution in [1.29, 1.82) is 0 Å². The molecule has 1 aliphatic carbocycles. The van der Waals surface area contributed by atoms with E-state index in [1.165, 1.54) is 0 Å². The first-order chi connectivity index (χ1) is 11.6. The van der Waals surface area contributed by atoms with Gasteiger partial charge in [-0.15, -0.1) is 0 Å². The summed E-state index contributed by atoms with van der Waals surface area (Å²) in [5.74, 6) is 0.771. The highest BCUT2D eigenvalue weighted by molar-refractivity contribution is 5.97. The van der Waals surface area contributed by atoms with Gasteiger partial charge in [0.25, 0.3) is 5.91 Å². The Morgan fingerprint density at radius 3 is 2.46 bits per heavy atom. The highest BCUT2D eigenvalue weighted by atomic mass is 16.5. The molecule has 0 bridgehead atoms. The molecule has 2 amide bonds. The third-order valence-corrected chi connectivity index (χ3v) is 5.47. The van der Waals surface area contributed by atoms with Crippen LogP contribution in [0.15, 0.2) is 18.2 Å². The fraction of sp³-hybridized carbons (Fsp3) is 0.556. The van der Waals surface area contributed by atoms with Gasteiger partial charge in [0.15, 0.2) is 0 Å². The predicted molar refractivity (Wildman–Crippen MR) is 88.9 cm³/mol. The van der Waals surface area contributed by atoms with E-state index in [0.717, 1.165) is 37.0 Å². The number of amides is 2. The summed E-state index contributed by atoms with van der Waals surface area (Å²) in [6, 6.07) is 5.75. The van der Waals surface area contributed by atoms with Gasteiger partial charge >= 0.3 is 0 Å². The number of rotatable bonds is 2. The van der Waals surface area contributed by atoms with Gasteiger partial charge in [0.05, 0.1) is 17.7 Å². The summed E-state index contributed by atoms with van der Waals surface area (Å²) in [7, 11) is 0. The number of hydrogen-bond donors (Lipinski definition) is 1. The Balaban J connectivity index is 1.42. The number of hydrogen-bond acceptors (Lipinski definition) is 4. The Morgan fingerprint density at radius 2 is 1.79 bits per heavy atom. The molecular weight excluding hydrogens is 306 g/mol. The minimum absolute atomic E-state index is 0.00745. The van der Waals surface area contributed by atoms with E-state index in [-0.39, 0.29) is 11.8 Å². The summed E-state index contributed by atoms with van der Waals surface area (Å²) in [6.07, 6.45) is 3.44. The molecule has 1 aromatic rings. The molecular formula is C18H23N3O3. The molecule has 0 radical (unpaired) electrons. The van der Waals surface area contributed by atoms with Crippen LogP contribution < -0.4 is 10.5 Å². The Labute approximate surface area is 141 Å². The molecule has 128 valence electrons. The monoisotopic (exact) mass is 329 g/mol. The molecule has 3 aliphatic rings. The highest BCUT2D eigenvalue weighted by Gasteiger charge is 2.43. The lowest BCUT2D eigenvalue weighted by molar-refractivity contribution is -0.141. The fourth-order valence-corrected chi connectivity index (χ4v) is 3.75. The smallest absolute Gasteiger partial charge is 0.257 e. The molecule has 2 fully saturated rings. The zero-order chi connectivity index (χ0) is 16.7. The van der Waals surface area contributed by atoms with Crippen LogP contribution in [0.3, 0.4) is 0 Å². The number of piperazine rings is 1. The van der Waals surface area contributed by atoms with Gasteiger partial charge in [-0.1, -0.05) is 12.1 Å². The molecule has 0 aromatic heterocycles. The number of fused-ring (bicyclic) bond motifs is 1. The molecule has 6 heteroatoms. The van der Waals surface area contributed by atoms with Gasteiger partial charge in [-0.3, -0.25) is 9.59 Å². The van der Waals surface area contributed by atoms with Crippen molar-refractivity contribution < 1.29 is 14.3 Å². The summed E-state index contributed by atoms with van der Waals surface area (Å²) in [4.78, 5) is 28.9. The SMILES string of the molecule is NC1(C(=O)N2CCN(C(=O)c3cccc4c3OCC4)CC2)CCC1. The summed E-state index contributed by atoms with van der Waals surface area (Å²) in [5.41, 5.74) is 7.22. The van der Waals surface area contributed by atoms with E-state index in [1.807, 2.05) is 28.0 Å². The van der Waals surface area contributed by atoms with Crippen LogP contribution in [-0.4, -0.2) is 59.9 Å². The van der Waals surface area contributed by atoms with Crippen molar-refractivity contribution in [3.05, 3.63) is 29.3 Å². The molecule has 4 rings (SSSR count). The normalized spacial score (nSPS) is 21.7. The van der Waals surface area contributed by atoms with Crippen LogP contribution in [0, 0.1) is 0 Å². The van der Waals surface area contributed by atoms with E-state index in [1.54, 1.807) is 0 Å². The van der Waals surface area contributed by atoms with Crippen molar-refractivity contribution in [1.82, 2.24) is 9.80 Å². The average Bonchev–Trinajstić information content (AvgIpc) is 3.07. The maximum absolute atomic E-state index is 12.8. The van der Waals surface area contributed by atoms with Crippen LogP contribution in [0.2, 0.25) is 0 Å². The minimum Gasteiger partial charge on any atom is -0.492 e. The number of nitrogens with two attached hydrogens (primary N) is 1. The van der Waals surface area contributed by atoms with Crippen LogP contribution in [0.1, 0.15) is 35.2 Å². The standard InChI is InChI=1S/C18H23N3O3/c19-18(6-2-7-18)17(23)21-10-8-20(9-11-21)16(22)14-4-1-3-13-5-12-24-15(13)14/h1,3-4H,2,5-12,19H2. The van der Waals surface area contributed by atoms with Crippen LogP contribution in [-0.2, 0) is 11.2 Å². The third kappa shape index (κ3) is 2.45. The Kier molecular flexibility index (Phi) is 3.72. The van der Waals surface area contributed by atoms with Crippen molar-refractivity contribution in [3.63, 3.8) is 0 Å². The molecule has 1 saturated heterocycles. The van der Waals surface area contributed by atoms with Crippen LogP contribution in [0.4, 0.5) is 0 Å². The fourth-order valence-electron chi connectivity index (χ4n) is 3.75. The highest BCUT2D eigenvalue weighted by Crippen LogP contribution is 2.32. The van der Waals surface area contributed by atoms with Crippen molar-refractivity contribution in [2.45, 2.75) is 31.2 Å². The number of ether oxygens (including phenoxy) is 1. The van der Waals surface area contributed by atoms with E-state index < -0.39 is 5.54 Å². The second-order valence-electron chi connectivity index (χ2n) is 6.99. The lowest BCUT2D eigenvalue weighted by Gasteiger charge is -2.43. The van der Waals surface area contributed by atoms with E-state index in [4.69, 9.17) is 10.5 Å². The van der Waals surface area contributed by atoms with Crippen molar-refractivity contribution >= 4 is 11.8 Å². The van der Waals surface area contributed by atoms with Crippen LogP contribution in [0.25, 0.3) is 0 Å². The largest absolute Gasteiger partial charge is 0.492 e. The second kappa shape index (κ2) is 5.77. The van der Waals surface area contributed by atoms with Gasteiger partial charge in [-0.2, -0.15) is 0 Å². The molecule has 0 unspecified atom stereocenters. The molecule has 1 saturated carbocycles. The molecule has 1 aromatic carbocycles. The van der Waals surface area contributed by atoms with Gasteiger partial charge in [0.2, 0.25) is 5.91 Å². The van der Waals surface area contributed by atoms with Crippen molar-refractivity contribution in [3.8, 4) is 5.75 Å². The number of nitrogens with zero attached hydrogens (tertiary/aromatic N) is 2. The molecule has 2 aliphatic heterocycles.